The fourth-order valence-electron chi connectivity index (χ4n) is 1.51. The minimum Gasteiger partial charge on any atom is -0.376 e. The summed E-state index contributed by atoms with van der Waals surface area (Å²) in [4.78, 5) is 13.0. The lowest BCUT2D eigenvalue weighted by Crippen LogP contribution is -2.28. The van der Waals surface area contributed by atoms with Crippen molar-refractivity contribution in [1.29, 1.82) is 0 Å². The maximum Gasteiger partial charge on any atom is 0.241 e. The number of carbonyl (C=O) groups is 1. The number of anilines is 1. The van der Waals surface area contributed by atoms with E-state index in [9.17, 15) is 4.79 Å². The first-order chi connectivity index (χ1) is 8.13. The van der Waals surface area contributed by atoms with Gasteiger partial charge in [0.2, 0.25) is 5.91 Å². The molecule has 0 spiro atoms. The summed E-state index contributed by atoms with van der Waals surface area (Å²) >= 11 is 0. The lowest BCUT2D eigenvalue weighted by Gasteiger charge is -2.12. The molecule has 0 bridgehead atoms. The van der Waals surface area contributed by atoms with E-state index in [1.54, 1.807) is 19.0 Å². The molecule has 0 atom stereocenters. The largest absolute Gasteiger partial charge is 0.376 e. The number of likely N-dealkylation sites (N-methyl/N-ethyl adjacent to an activating group) is 1. The number of rotatable bonds is 6. The normalized spacial score (nSPS) is 10.1. The first-order valence-electron chi connectivity index (χ1n) is 6.16. The lowest BCUT2D eigenvalue weighted by atomic mass is 10.1. The lowest BCUT2D eigenvalue weighted by molar-refractivity contribution is -0.126. The molecule has 0 unspecified atom stereocenters. The number of carbonyl (C=O) groups excluding carboxylic acids is 1. The Balaban J connectivity index is 2.42. The van der Waals surface area contributed by atoms with Crippen molar-refractivity contribution in [2.45, 2.75) is 26.2 Å². The topological polar surface area (TPSA) is 32.3 Å². The van der Waals surface area contributed by atoms with Crippen molar-refractivity contribution >= 4 is 11.6 Å². The van der Waals surface area contributed by atoms with Crippen LogP contribution in [0, 0.1) is 0 Å². The number of benzene rings is 1. The molecule has 1 rings (SSSR count). The summed E-state index contributed by atoms with van der Waals surface area (Å²) in [6.45, 7) is 2.55. The summed E-state index contributed by atoms with van der Waals surface area (Å²) in [5, 5.41) is 3.12. The van der Waals surface area contributed by atoms with Crippen LogP contribution >= 0.6 is 0 Å². The highest BCUT2D eigenvalue weighted by atomic mass is 16.2. The Morgan fingerprint density at radius 2 is 1.88 bits per heavy atom. The molecule has 1 amide bonds. The fraction of sp³-hybridized carbons (Fsp3) is 0.500. The number of nitrogens with one attached hydrogen (secondary N) is 1. The molecule has 1 aromatic rings. The van der Waals surface area contributed by atoms with E-state index < -0.39 is 0 Å². The van der Waals surface area contributed by atoms with Crippen LogP contribution in [0.1, 0.15) is 25.3 Å². The van der Waals surface area contributed by atoms with E-state index in [4.69, 9.17) is 0 Å². The second-order valence-corrected chi connectivity index (χ2v) is 4.44. The minimum atomic E-state index is 0.0834. The third-order valence-electron chi connectivity index (χ3n) is 2.72. The second-order valence-electron chi connectivity index (χ2n) is 4.44. The van der Waals surface area contributed by atoms with Crippen LogP contribution in [0.25, 0.3) is 0 Å². The Morgan fingerprint density at radius 3 is 2.41 bits per heavy atom. The average Bonchev–Trinajstić information content (AvgIpc) is 2.34. The quantitative estimate of drug-likeness (QED) is 0.820. The van der Waals surface area contributed by atoms with E-state index in [1.165, 1.54) is 18.4 Å². The van der Waals surface area contributed by atoms with Crippen LogP contribution in [0.3, 0.4) is 0 Å². The van der Waals surface area contributed by atoms with Crippen molar-refractivity contribution in [2.24, 2.45) is 0 Å². The Morgan fingerprint density at radius 1 is 1.24 bits per heavy atom. The number of hydrogen-bond acceptors (Lipinski definition) is 2. The predicted octanol–water partition coefficient (Wildman–Crippen LogP) is 2.53. The van der Waals surface area contributed by atoms with Gasteiger partial charge in [0, 0.05) is 19.8 Å². The van der Waals surface area contributed by atoms with Crippen molar-refractivity contribution in [2.75, 3.05) is 26.0 Å². The molecule has 0 radical (unpaired) electrons. The Kier molecular flexibility index (Phi) is 5.53. The molecule has 1 N–H and O–H groups in total. The van der Waals surface area contributed by atoms with Crippen LogP contribution in [0.15, 0.2) is 24.3 Å². The Bertz CT molecular complexity index is 344. The highest BCUT2D eigenvalue weighted by molar-refractivity contribution is 5.80. The average molecular weight is 234 g/mol. The molecule has 0 aliphatic carbocycles. The van der Waals surface area contributed by atoms with Gasteiger partial charge in [-0.1, -0.05) is 25.5 Å². The standard InChI is InChI=1S/C14H22N2O/c1-4-5-6-12-7-9-13(10-8-12)15-11-14(17)16(2)3/h7-10,15H,4-6,11H2,1-3H3. The van der Waals surface area contributed by atoms with Crippen LogP contribution in [0.4, 0.5) is 5.69 Å². The molecular formula is C14H22N2O. The van der Waals surface area contributed by atoms with E-state index >= 15 is 0 Å². The molecule has 0 fully saturated rings. The van der Waals surface area contributed by atoms with Gasteiger partial charge in [-0.25, -0.2) is 0 Å². The minimum absolute atomic E-state index is 0.0834. The molecule has 94 valence electrons. The Labute approximate surface area is 104 Å². The van der Waals surface area contributed by atoms with Crippen LogP contribution in [-0.2, 0) is 11.2 Å². The van der Waals surface area contributed by atoms with Gasteiger partial charge >= 0.3 is 0 Å². The molecule has 1 aromatic carbocycles. The van der Waals surface area contributed by atoms with Gasteiger partial charge in [0.25, 0.3) is 0 Å². The molecule has 0 aliphatic heterocycles. The zero-order valence-electron chi connectivity index (χ0n) is 11.0. The zero-order valence-corrected chi connectivity index (χ0v) is 11.0. The summed E-state index contributed by atoms with van der Waals surface area (Å²) in [6, 6.07) is 8.32. The van der Waals surface area contributed by atoms with Gasteiger partial charge in [-0.2, -0.15) is 0 Å². The van der Waals surface area contributed by atoms with Gasteiger partial charge < -0.3 is 10.2 Å². The van der Waals surface area contributed by atoms with E-state index in [-0.39, 0.29) is 5.91 Å². The molecule has 0 aromatic heterocycles. The first-order valence-corrected chi connectivity index (χ1v) is 6.16. The molecule has 0 aliphatic rings. The maximum absolute atomic E-state index is 11.4. The number of hydrogen-bond donors (Lipinski definition) is 1. The summed E-state index contributed by atoms with van der Waals surface area (Å²) < 4.78 is 0. The number of amides is 1. The summed E-state index contributed by atoms with van der Waals surface area (Å²) in [5.41, 5.74) is 2.36. The van der Waals surface area contributed by atoms with Gasteiger partial charge in [0.15, 0.2) is 0 Å². The molecule has 3 nitrogen and oxygen atoms in total. The van der Waals surface area contributed by atoms with E-state index in [2.05, 4.69) is 24.4 Å². The van der Waals surface area contributed by atoms with E-state index in [1.807, 2.05) is 12.1 Å². The van der Waals surface area contributed by atoms with E-state index in [0.29, 0.717) is 6.54 Å². The maximum atomic E-state index is 11.4. The van der Waals surface area contributed by atoms with Crippen molar-refractivity contribution in [3.63, 3.8) is 0 Å². The third kappa shape index (κ3) is 4.89. The molecular weight excluding hydrogens is 212 g/mol. The SMILES string of the molecule is CCCCc1ccc(NCC(=O)N(C)C)cc1. The monoisotopic (exact) mass is 234 g/mol. The molecule has 3 heteroatoms. The molecule has 17 heavy (non-hydrogen) atoms. The van der Waals surface area contributed by atoms with Gasteiger partial charge in [0.1, 0.15) is 0 Å². The van der Waals surface area contributed by atoms with E-state index in [0.717, 1.165) is 12.1 Å². The third-order valence-corrected chi connectivity index (χ3v) is 2.72. The summed E-state index contributed by atoms with van der Waals surface area (Å²) in [7, 11) is 3.52. The molecule has 0 saturated heterocycles. The number of unbranched alkanes of at least 4 members (excludes halogenated alkanes) is 1. The van der Waals surface area contributed by atoms with Crippen molar-refractivity contribution in [3.05, 3.63) is 29.8 Å². The number of aryl methyl sites for hydroxylation is 1. The zero-order chi connectivity index (χ0) is 12.7. The first kappa shape index (κ1) is 13.6. The Hall–Kier alpha value is -1.51. The second kappa shape index (κ2) is 6.94. The highest BCUT2D eigenvalue weighted by Crippen LogP contribution is 2.11. The van der Waals surface area contributed by atoms with Crippen LogP contribution in [0.2, 0.25) is 0 Å². The van der Waals surface area contributed by atoms with Crippen molar-refractivity contribution < 1.29 is 4.79 Å². The summed E-state index contributed by atoms with van der Waals surface area (Å²) in [6.07, 6.45) is 3.58. The summed E-state index contributed by atoms with van der Waals surface area (Å²) in [5.74, 6) is 0.0834. The van der Waals surface area contributed by atoms with Crippen molar-refractivity contribution in [1.82, 2.24) is 4.90 Å². The van der Waals surface area contributed by atoms with Crippen LogP contribution < -0.4 is 5.32 Å². The molecule has 0 heterocycles. The van der Waals surface area contributed by atoms with Gasteiger partial charge in [0.05, 0.1) is 6.54 Å². The van der Waals surface area contributed by atoms with Crippen molar-refractivity contribution in [3.8, 4) is 0 Å². The molecule has 0 saturated carbocycles. The fourth-order valence-corrected chi connectivity index (χ4v) is 1.51. The smallest absolute Gasteiger partial charge is 0.241 e. The van der Waals surface area contributed by atoms with Gasteiger partial charge in [-0.15, -0.1) is 0 Å². The number of nitrogens with zero attached hydrogens (tertiary/aromatic N) is 1. The predicted molar refractivity (Wildman–Crippen MR) is 72.2 cm³/mol. The van der Waals surface area contributed by atoms with Gasteiger partial charge in [-0.3, -0.25) is 4.79 Å². The van der Waals surface area contributed by atoms with Crippen LogP contribution in [-0.4, -0.2) is 31.4 Å². The van der Waals surface area contributed by atoms with Gasteiger partial charge in [-0.05, 0) is 30.5 Å². The van der Waals surface area contributed by atoms with Crippen LogP contribution in [0.5, 0.6) is 0 Å². The highest BCUT2D eigenvalue weighted by Gasteiger charge is 2.02.